The minimum absolute atomic E-state index is 0.345. The predicted octanol–water partition coefficient (Wildman–Crippen LogP) is 2.70. The molecule has 0 radical (unpaired) electrons. The molecule has 0 spiro atoms. The summed E-state index contributed by atoms with van der Waals surface area (Å²) in [7, 11) is 0. The van der Waals surface area contributed by atoms with Crippen LogP contribution in [0.2, 0.25) is 5.15 Å². The van der Waals surface area contributed by atoms with Crippen molar-refractivity contribution < 1.29 is 9.90 Å². The molecule has 0 bridgehead atoms. The second-order valence-electron chi connectivity index (χ2n) is 3.68. The normalized spacial score (nSPS) is 12.5. The highest BCUT2D eigenvalue weighted by Gasteiger charge is 2.11. The van der Waals surface area contributed by atoms with Crippen molar-refractivity contribution in [2.45, 2.75) is 26.7 Å². The van der Waals surface area contributed by atoms with Crippen LogP contribution in [-0.4, -0.2) is 16.1 Å². The maximum Gasteiger partial charge on any atom is 0.306 e. The SMILES string of the molecule is Cc1ccc(CCC(C)C(=O)O)c(Cl)n1. The molecule has 0 amide bonds. The smallest absolute Gasteiger partial charge is 0.306 e. The lowest BCUT2D eigenvalue weighted by molar-refractivity contribution is -0.141. The van der Waals surface area contributed by atoms with Crippen molar-refractivity contribution >= 4 is 17.6 Å². The van der Waals surface area contributed by atoms with E-state index in [-0.39, 0.29) is 5.92 Å². The van der Waals surface area contributed by atoms with Gasteiger partial charge in [0.1, 0.15) is 5.15 Å². The van der Waals surface area contributed by atoms with Gasteiger partial charge in [-0.15, -0.1) is 0 Å². The van der Waals surface area contributed by atoms with Gasteiger partial charge in [0.25, 0.3) is 0 Å². The molecule has 3 nitrogen and oxygen atoms in total. The number of halogens is 1. The molecular formula is C11H14ClNO2. The van der Waals surface area contributed by atoms with Gasteiger partial charge in [-0.05, 0) is 31.4 Å². The van der Waals surface area contributed by atoms with Crippen molar-refractivity contribution in [2.75, 3.05) is 0 Å². The minimum atomic E-state index is -0.772. The van der Waals surface area contributed by atoms with Gasteiger partial charge in [-0.3, -0.25) is 4.79 Å². The molecule has 0 aliphatic rings. The molecule has 0 fully saturated rings. The second kappa shape index (κ2) is 5.12. The molecule has 0 aliphatic heterocycles. The van der Waals surface area contributed by atoms with E-state index >= 15 is 0 Å². The summed E-state index contributed by atoms with van der Waals surface area (Å²) in [4.78, 5) is 14.7. The van der Waals surface area contributed by atoms with Crippen LogP contribution in [0.15, 0.2) is 12.1 Å². The van der Waals surface area contributed by atoms with Crippen LogP contribution in [0, 0.1) is 12.8 Å². The van der Waals surface area contributed by atoms with Gasteiger partial charge in [0, 0.05) is 5.69 Å². The molecule has 1 rings (SSSR count). The summed E-state index contributed by atoms with van der Waals surface area (Å²) in [6, 6.07) is 3.78. The maximum absolute atomic E-state index is 10.6. The number of carboxylic acids is 1. The fourth-order valence-electron chi connectivity index (χ4n) is 1.24. The van der Waals surface area contributed by atoms with Gasteiger partial charge in [0.05, 0.1) is 5.92 Å². The molecule has 1 aromatic heterocycles. The predicted molar refractivity (Wildman–Crippen MR) is 59.1 cm³/mol. The molecule has 0 aromatic carbocycles. The molecule has 0 saturated heterocycles. The molecule has 0 saturated carbocycles. The molecule has 1 aromatic rings. The maximum atomic E-state index is 10.6. The molecular weight excluding hydrogens is 214 g/mol. The number of pyridine rings is 1. The molecule has 1 unspecified atom stereocenters. The molecule has 15 heavy (non-hydrogen) atoms. The first-order chi connectivity index (χ1) is 7.00. The third kappa shape index (κ3) is 3.51. The summed E-state index contributed by atoms with van der Waals surface area (Å²) >= 11 is 5.93. The van der Waals surface area contributed by atoms with E-state index < -0.39 is 5.97 Å². The lowest BCUT2D eigenvalue weighted by atomic mass is 10.0. The Labute approximate surface area is 94.1 Å². The topological polar surface area (TPSA) is 50.2 Å². The monoisotopic (exact) mass is 227 g/mol. The Kier molecular flexibility index (Phi) is 4.09. The van der Waals surface area contributed by atoms with Crippen LogP contribution in [0.3, 0.4) is 0 Å². The van der Waals surface area contributed by atoms with Crippen molar-refractivity contribution in [1.82, 2.24) is 4.98 Å². The number of aliphatic carboxylic acids is 1. The number of hydrogen-bond donors (Lipinski definition) is 1. The molecule has 1 atom stereocenters. The van der Waals surface area contributed by atoms with E-state index in [1.807, 2.05) is 19.1 Å². The lowest BCUT2D eigenvalue weighted by Crippen LogP contribution is -2.10. The van der Waals surface area contributed by atoms with Gasteiger partial charge >= 0.3 is 5.97 Å². The van der Waals surface area contributed by atoms with Gasteiger partial charge in [0.15, 0.2) is 0 Å². The van der Waals surface area contributed by atoms with Gasteiger partial charge in [-0.2, -0.15) is 0 Å². The Hall–Kier alpha value is -1.09. The summed E-state index contributed by atoms with van der Waals surface area (Å²) in [5.41, 5.74) is 1.78. The first-order valence-corrected chi connectivity index (χ1v) is 5.23. The fraction of sp³-hybridized carbons (Fsp3) is 0.455. The zero-order valence-electron chi connectivity index (χ0n) is 8.83. The van der Waals surface area contributed by atoms with E-state index in [0.29, 0.717) is 18.0 Å². The molecule has 1 heterocycles. The minimum Gasteiger partial charge on any atom is -0.481 e. The van der Waals surface area contributed by atoms with Gasteiger partial charge in [-0.1, -0.05) is 24.6 Å². The third-order valence-electron chi connectivity index (χ3n) is 2.33. The van der Waals surface area contributed by atoms with Gasteiger partial charge in [-0.25, -0.2) is 4.98 Å². The summed E-state index contributed by atoms with van der Waals surface area (Å²) in [5, 5.41) is 9.20. The molecule has 4 heteroatoms. The van der Waals surface area contributed by atoms with Crippen LogP contribution in [0.25, 0.3) is 0 Å². The van der Waals surface area contributed by atoms with Crippen LogP contribution >= 0.6 is 11.6 Å². The second-order valence-corrected chi connectivity index (χ2v) is 4.04. The van der Waals surface area contributed by atoms with Gasteiger partial charge < -0.3 is 5.11 Å². The van der Waals surface area contributed by atoms with E-state index in [1.165, 1.54) is 0 Å². The number of aryl methyl sites for hydroxylation is 2. The van der Waals surface area contributed by atoms with E-state index in [9.17, 15) is 4.79 Å². The number of nitrogens with zero attached hydrogens (tertiary/aromatic N) is 1. The molecule has 0 aliphatic carbocycles. The highest BCUT2D eigenvalue weighted by Crippen LogP contribution is 2.17. The Morgan fingerprint density at radius 3 is 2.80 bits per heavy atom. The number of hydrogen-bond acceptors (Lipinski definition) is 2. The molecule has 1 N–H and O–H groups in total. The van der Waals surface area contributed by atoms with Gasteiger partial charge in [0.2, 0.25) is 0 Å². The fourth-order valence-corrected chi connectivity index (χ4v) is 1.53. The van der Waals surface area contributed by atoms with E-state index in [0.717, 1.165) is 11.3 Å². The Bertz CT molecular complexity index is 366. The number of aromatic nitrogens is 1. The summed E-state index contributed by atoms with van der Waals surface area (Å²) in [6.07, 6.45) is 1.24. The first-order valence-electron chi connectivity index (χ1n) is 4.85. The Balaban J connectivity index is 2.62. The number of carbonyl (C=O) groups is 1. The van der Waals surface area contributed by atoms with E-state index in [4.69, 9.17) is 16.7 Å². The van der Waals surface area contributed by atoms with Crippen molar-refractivity contribution in [3.8, 4) is 0 Å². The first kappa shape index (κ1) is 12.0. The van der Waals surface area contributed by atoms with Crippen molar-refractivity contribution in [1.29, 1.82) is 0 Å². The number of carboxylic acid groups (broad SMARTS) is 1. The summed E-state index contributed by atoms with van der Waals surface area (Å²) in [5.74, 6) is -1.12. The van der Waals surface area contributed by atoms with E-state index in [1.54, 1.807) is 6.92 Å². The van der Waals surface area contributed by atoms with Crippen molar-refractivity contribution in [2.24, 2.45) is 5.92 Å². The van der Waals surface area contributed by atoms with Crippen LogP contribution in [-0.2, 0) is 11.2 Å². The van der Waals surface area contributed by atoms with Crippen LogP contribution < -0.4 is 0 Å². The quantitative estimate of drug-likeness (QED) is 0.805. The van der Waals surface area contributed by atoms with Crippen LogP contribution in [0.5, 0.6) is 0 Å². The van der Waals surface area contributed by atoms with Crippen molar-refractivity contribution in [3.05, 3.63) is 28.5 Å². The third-order valence-corrected chi connectivity index (χ3v) is 2.66. The van der Waals surface area contributed by atoms with Crippen LogP contribution in [0.4, 0.5) is 0 Å². The largest absolute Gasteiger partial charge is 0.481 e. The van der Waals surface area contributed by atoms with Crippen LogP contribution in [0.1, 0.15) is 24.6 Å². The zero-order chi connectivity index (χ0) is 11.4. The average Bonchev–Trinajstić information content (AvgIpc) is 2.15. The Morgan fingerprint density at radius 2 is 2.27 bits per heavy atom. The highest BCUT2D eigenvalue weighted by atomic mass is 35.5. The summed E-state index contributed by atoms with van der Waals surface area (Å²) < 4.78 is 0. The Morgan fingerprint density at radius 1 is 1.60 bits per heavy atom. The summed E-state index contributed by atoms with van der Waals surface area (Å²) in [6.45, 7) is 3.56. The standard InChI is InChI=1S/C11H14ClNO2/c1-7(11(14)15)3-5-9-6-4-8(2)13-10(9)12/h4,6-7H,3,5H2,1-2H3,(H,14,15). The molecule has 82 valence electrons. The highest BCUT2D eigenvalue weighted by molar-refractivity contribution is 6.30. The van der Waals surface area contributed by atoms with E-state index in [2.05, 4.69) is 4.98 Å². The zero-order valence-corrected chi connectivity index (χ0v) is 9.58. The average molecular weight is 228 g/mol. The number of rotatable bonds is 4. The lowest BCUT2D eigenvalue weighted by Gasteiger charge is -2.07. The van der Waals surface area contributed by atoms with Crippen molar-refractivity contribution in [3.63, 3.8) is 0 Å².